The molecule has 1 amide bonds. The van der Waals surface area contributed by atoms with E-state index < -0.39 is 5.97 Å². The van der Waals surface area contributed by atoms with Gasteiger partial charge in [0.05, 0.1) is 5.56 Å². The third-order valence-corrected chi connectivity index (χ3v) is 3.53. The van der Waals surface area contributed by atoms with E-state index in [-0.39, 0.29) is 18.4 Å². The lowest BCUT2D eigenvalue weighted by Gasteiger charge is -2.08. The Hall–Kier alpha value is -2.62. The molecule has 1 saturated carbocycles. The van der Waals surface area contributed by atoms with Crippen molar-refractivity contribution in [1.82, 2.24) is 0 Å². The van der Waals surface area contributed by atoms with Gasteiger partial charge in [0.15, 0.2) is 0 Å². The normalized spacial score (nSPS) is 13.5. The average Bonchev–Trinajstić information content (AvgIpc) is 3.39. The number of esters is 1. The highest BCUT2D eigenvalue weighted by Crippen LogP contribution is 2.30. The van der Waals surface area contributed by atoms with Crippen LogP contribution in [0.15, 0.2) is 54.6 Å². The molecule has 0 bridgehead atoms. The van der Waals surface area contributed by atoms with Gasteiger partial charge >= 0.3 is 5.97 Å². The van der Waals surface area contributed by atoms with Gasteiger partial charge in [0.25, 0.3) is 0 Å². The van der Waals surface area contributed by atoms with Crippen LogP contribution in [0.3, 0.4) is 0 Å². The maximum absolute atomic E-state index is 12.1. The molecule has 0 saturated heterocycles. The molecule has 0 unspecified atom stereocenters. The minimum atomic E-state index is -0.397. The molecular weight excluding hydrogens is 278 g/mol. The van der Waals surface area contributed by atoms with Gasteiger partial charge in [-0.1, -0.05) is 36.4 Å². The van der Waals surface area contributed by atoms with E-state index in [0.717, 1.165) is 18.4 Å². The van der Waals surface area contributed by atoms with Crippen molar-refractivity contribution in [2.24, 2.45) is 5.92 Å². The summed E-state index contributed by atoms with van der Waals surface area (Å²) in [6, 6.07) is 16.4. The molecule has 0 atom stereocenters. The molecule has 0 radical (unpaired) electrons. The van der Waals surface area contributed by atoms with Crippen molar-refractivity contribution >= 4 is 17.6 Å². The second kappa shape index (κ2) is 6.43. The van der Waals surface area contributed by atoms with Gasteiger partial charge in [-0.3, -0.25) is 4.79 Å². The van der Waals surface area contributed by atoms with E-state index in [1.54, 1.807) is 24.3 Å². The van der Waals surface area contributed by atoms with Crippen molar-refractivity contribution < 1.29 is 14.3 Å². The lowest BCUT2D eigenvalue weighted by molar-refractivity contribution is -0.117. The molecule has 1 N–H and O–H groups in total. The van der Waals surface area contributed by atoms with Crippen LogP contribution in [0.25, 0.3) is 0 Å². The van der Waals surface area contributed by atoms with Gasteiger partial charge in [-0.15, -0.1) is 0 Å². The molecule has 0 aliphatic heterocycles. The molecule has 1 aliphatic rings. The van der Waals surface area contributed by atoms with Crippen LogP contribution in [-0.2, 0) is 16.1 Å². The van der Waals surface area contributed by atoms with E-state index in [1.165, 1.54) is 0 Å². The molecule has 0 aromatic heterocycles. The van der Waals surface area contributed by atoms with E-state index in [9.17, 15) is 9.59 Å². The molecule has 1 fully saturated rings. The first-order valence-corrected chi connectivity index (χ1v) is 7.34. The zero-order valence-electron chi connectivity index (χ0n) is 12.1. The van der Waals surface area contributed by atoms with E-state index in [0.29, 0.717) is 11.3 Å². The highest BCUT2D eigenvalue weighted by atomic mass is 16.5. The van der Waals surface area contributed by atoms with Crippen molar-refractivity contribution in [3.63, 3.8) is 0 Å². The molecule has 1 aliphatic carbocycles. The number of carbonyl (C=O) groups excluding carboxylic acids is 2. The average molecular weight is 295 g/mol. The fourth-order valence-electron chi connectivity index (χ4n) is 2.12. The molecule has 112 valence electrons. The van der Waals surface area contributed by atoms with Gasteiger partial charge in [0.1, 0.15) is 6.61 Å². The van der Waals surface area contributed by atoms with Gasteiger partial charge < -0.3 is 10.1 Å². The minimum Gasteiger partial charge on any atom is -0.457 e. The minimum absolute atomic E-state index is 0.0230. The van der Waals surface area contributed by atoms with Crippen LogP contribution in [0.1, 0.15) is 28.8 Å². The lowest BCUT2D eigenvalue weighted by atomic mass is 10.2. The summed E-state index contributed by atoms with van der Waals surface area (Å²) in [4.78, 5) is 23.8. The number of nitrogens with one attached hydrogen (secondary N) is 1. The first-order chi connectivity index (χ1) is 10.7. The molecule has 22 heavy (non-hydrogen) atoms. The standard InChI is InChI=1S/C18H17NO3/c20-17(14-9-10-14)19-16-8-4-7-15(11-16)18(21)22-12-13-5-2-1-3-6-13/h1-8,11,14H,9-10,12H2,(H,19,20). The Balaban J connectivity index is 1.61. The summed E-state index contributed by atoms with van der Waals surface area (Å²) in [5.74, 6) is -0.241. The largest absolute Gasteiger partial charge is 0.457 e. The Morgan fingerprint density at radius 3 is 2.55 bits per heavy atom. The molecule has 3 rings (SSSR count). The highest BCUT2D eigenvalue weighted by Gasteiger charge is 2.29. The predicted molar refractivity (Wildman–Crippen MR) is 83.4 cm³/mol. The highest BCUT2D eigenvalue weighted by molar-refractivity contribution is 5.96. The summed E-state index contributed by atoms with van der Waals surface area (Å²) in [6.45, 7) is 0.234. The third kappa shape index (κ3) is 3.73. The summed E-state index contributed by atoms with van der Waals surface area (Å²) >= 11 is 0. The fourth-order valence-corrected chi connectivity index (χ4v) is 2.12. The van der Waals surface area contributed by atoms with Gasteiger partial charge in [0.2, 0.25) is 5.91 Å². The zero-order valence-corrected chi connectivity index (χ0v) is 12.1. The summed E-state index contributed by atoms with van der Waals surface area (Å²) in [7, 11) is 0. The van der Waals surface area contributed by atoms with Crippen molar-refractivity contribution in [2.45, 2.75) is 19.4 Å². The maximum Gasteiger partial charge on any atom is 0.338 e. The van der Waals surface area contributed by atoms with Crippen LogP contribution in [0.2, 0.25) is 0 Å². The first kappa shape index (κ1) is 14.3. The number of hydrogen-bond donors (Lipinski definition) is 1. The number of anilines is 1. The number of benzene rings is 2. The smallest absolute Gasteiger partial charge is 0.338 e. The Morgan fingerprint density at radius 2 is 1.82 bits per heavy atom. The van der Waals surface area contributed by atoms with Crippen molar-refractivity contribution in [3.8, 4) is 0 Å². The van der Waals surface area contributed by atoms with Gasteiger partial charge in [-0.25, -0.2) is 4.79 Å². The molecule has 2 aromatic rings. The summed E-state index contributed by atoms with van der Waals surface area (Å²) in [5.41, 5.74) is 2.00. The molecule has 4 heteroatoms. The zero-order chi connectivity index (χ0) is 15.4. The van der Waals surface area contributed by atoms with Gasteiger partial charge in [-0.05, 0) is 36.6 Å². The topological polar surface area (TPSA) is 55.4 Å². The fraction of sp³-hybridized carbons (Fsp3) is 0.222. The van der Waals surface area contributed by atoms with E-state index >= 15 is 0 Å². The number of ether oxygens (including phenoxy) is 1. The summed E-state index contributed by atoms with van der Waals surface area (Å²) in [5, 5.41) is 2.83. The quantitative estimate of drug-likeness (QED) is 0.860. The number of rotatable bonds is 5. The summed E-state index contributed by atoms with van der Waals surface area (Å²) < 4.78 is 5.28. The Morgan fingerprint density at radius 1 is 1.05 bits per heavy atom. The van der Waals surface area contributed by atoms with Crippen LogP contribution in [0.5, 0.6) is 0 Å². The van der Waals surface area contributed by atoms with E-state index in [1.807, 2.05) is 30.3 Å². The molecular formula is C18H17NO3. The summed E-state index contributed by atoms with van der Waals surface area (Å²) in [6.07, 6.45) is 1.90. The maximum atomic E-state index is 12.1. The van der Waals surface area contributed by atoms with Crippen molar-refractivity contribution in [3.05, 3.63) is 65.7 Å². The van der Waals surface area contributed by atoms with Crippen LogP contribution < -0.4 is 5.32 Å². The van der Waals surface area contributed by atoms with E-state index in [4.69, 9.17) is 4.74 Å². The first-order valence-electron chi connectivity index (χ1n) is 7.34. The molecule has 2 aromatic carbocycles. The SMILES string of the molecule is O=C(OCc1ccccc1)c1cccc(NC(=O)C2CC2)c1. The van der Waals surface area contributed by atoms with Crippen LogP contribution >= 0.6 is 0 Å². The van der Waals surface area contributed by atoms with Crippen LogP contribution in [0.4, 0.5) is 5.69 Å². The lowest BCUT2D eigenvalue weighted by Crippen LogP contribution is -2.14. The van der Waals surface area contributed by atoms with Gasteiger partial charge in [-0.2, -0.15) is 0 Å². The van der Waals surface area contributed by atoms with Crippen LogP contribution in [-0.4, -0.2) is 11.9 Å². The second-order valence-electron chi connectivity index (χ2n) is 5.41. The van der Waals surface area contributed by atoms with Gasteiger partial charge in [0, 0.05) is 11.6 Å². The second-order valence-corrected chi connectivity index (χ2v) is 5.41. The number of hydrogen-bond acceptors (Lipinski definition) is 3. The number of amides is 1. The Labute approximate surface area is 129 Å². The molecule has 0 spiro atoms. The monoisotopic (exact) mass is 295 g/mol. The number of carbonyl (C=O) groups is 2. The molecule has 0 heterocycles. The van der Waals surface area contributed by atoms with Crippen molar-refractivity contribution in [2.75, 3.05) is 5.32 Å². The van der Waals surface area contributed by atoms with E-state index in [2.05, 4.69) is 5.32 Å². The Bertz CT molecular complexity index is 678. The molecule has 4 nitrogen and oxygen atoms in total. The Kier molecular flexibility index (Phi) is 4.19. The van der Waals surface area contributed by atoms with Crippen molar-refractivity contribution in [1.29, 1.82) is 0 Å². The predicted octanol–water partition coefficient (Wildman–Crippen LogP) is 3.39. The third-order valence-electron chi connectivity index (χ3n) is 3.53. The van der Waals surface area contributed by atoms with Crippen LogP contribution in [0, 0.1) is 5.92 Å².